The molecule has 6 nitrogen and oxygen atoms in total. The molecule has 0 spiro atoms. The van der Waals surface area contributed by atoms with E-state index in [1.165, 1.54) is 6.33 Å². The maximum absolute atomic E-state index is 10.0. The minimum atomic E-state index is -0.965. The smallest absolute Gasteiger partial charge is 0.152 e. The second-order valence-corrected chi connectivity index (χ2v) is 4.81. The zero-order chi connectivity index (χ0) is 13.6. The minimum Gasteiger partial charge on any atom is -0.389 e. The topological polar surface area (TPSA) is 85.7 Å². The number of aliphatic hydroxyl groups is 1. The van der Waals surface area contributed by atoms with Crippen LogP contribution in [0.15, 0.2) is 18.5 Å². The Morgan fingerprint density at radius 1 is 1.63 bits per heavy atom. The molecule has 2 aromatic heterocycles. The Bertz CT molecular complexity index is 675. The number of hydrogen-bond donors (Lipinski definition) is 2. The standard InChI is InChI=1S/C13H14N4O2/c1-3-13(2)11(18)6-10(19-13)8-4-5-9-12(14)15-7-16-17(8)9/h1,4-5,7,10-11,18H,6H2,2H3,(H2,14,15,16)/t10-,11+,13-/m1/s1. The molecule has 0 amide bonds. The lowest BCUT2D eigenvalue weighted by Gasteiger charge is -2.20. The van der Waals surface area contributed by atoms with E-state index < -0.39 is 11.7 Å². The van der Waals surface area contributed by atoms with E-state index >= 15 is 0 Å². The lowest BCUT2D eigenvalue weighted by atomic mass is 9.99. The number of nitrogen functional groups attached to an aromatic ring is 1. The number of fused-ring (bicyclic) bond motifs is 1. The van der Waals surface area contributed by atoms with Gasteiger partial charge in [0.1, 0.15) is 17.9 Å². The summed E-state index contributed by atoms with van der Waals surface area (Å²) in [6.45, 7) is 1.71. The predicted octanol–water partition coefficient (Wildman–Crippen LogP) is 0.526. The van der Waals surface area contributed by atoms with Crippen LogP contribution in [0.2, 0.25) is 0 Å². The van der Waals surface area contributed by atoms with Crippen molar-refractivity contribution in [3.05, 3.63) is 24.2 Å². The molecular weight excluding hydrogens is 244 g/mol. The Hall–Kier alpha value is -2.10. The van der Waals surface area contributed by atoms with Gasteiger partial charge in [-0.15, -0.1) is 6.42 Å². The fourth-order valence-electron chi connectivity index (χ4n) is 2.38. The Labute approximate surface area is 110 Å². The van der Waals surface area contributed by atoms with Gasteiger partial charge in [0.05, 0.1) is 11.8 Å². The third-order valence-corrected chi connectivity index (χ3v) is 3.59. The zero-order valence-electron chi connectivity index (χ0n) is 10.4. The number of aliphatic hydroxyl groups excluding tert-OH is 1. The first-order chi connectivity index (χ1) is 9.05. The molecule has 0 bridgehead atoms. The average molecular weight is 258 g/mol. The van der Waals surface area contributed by atoms with Crippen molar-refractivity contribution >= 4 is 11.3 Å². The second kappa shape index (κ2) is 3.95. The van der Waals surface area contributed by atoms with Gasteiger partial charge in [0.2, 0.25) is 0 Å². The Morgan fingerprint density at radius 3 is 3.11 bits per heavy atom. The first-order valence-electron chi connectivity index (χ1n) is 5.97. The Kier molecular flexibility index (Phi) is 2.49. The van der Waals surface area contributed by atoms with Gasteiger partial charge >= 0.3 is 0 Å². The number of ether oxygens (including phenoxy) is 1. The maximum atomic E-state index is 10.0. The summed E-state index contributed by atoms with van der Waals surface area (Å²) < 4.78 is 7.46. The molecule has 19 heavy (non-hydrogen) atoms. The fourth-order valence-corrected chi connectivity index (χ4v) is 2.38. The van der Waals surface area contributed by atoms with Gasteiger partial charge in [-0.05, 0) is 19.1 Å². The van der Waals surface area contributed by atoms with Crippen LogP contribution in [0.1, 0.15) is 25.1 Å². The van der Waals surface area contributed by atoms with E-state index in [0.717, 1.165) is 5.69 Å². The van der Waals surface area contributed by atoms with Crippen LogP contribution in [-0.2, 0) is 4.74 Å². The van der Waals surface area contributed by atoms with Gasteiger partial charge in [0.15, 0.2) is 11.4 Å². The summed E-state index contributed by atoms with van der Waals surface area (Å²) in [7, 11) is 0. The zero-order valence-corrected chi connectivity index (χ0v) is 10.4. The first kappa shape index (κ1) is 12.0. The van der Waals surface area contributed by atoms with Crippen molar-refractivity contribution < 1.29 is 9.84 Å². The summed E-state index contributed by atoms with van der Waals surface area (Å²) in [5.74, 6) is 2.90. The number of hydrogen-bond acceptors (Lipinski definition) is 5. The number of terminal acetylenes is 1. The van der Waals surface area contributed by atoms with Crippen molar-refractivity contribution in [2.45, 2.75) is 31.2 Å². The van der Waals surface area contributed by atoms with Crippen molar-refractivity contribution in [2.75, 3.05) is 5.73 Å². The molecule has 1 saturated heterocycles. The van der Waals surface area contributed by atoms with Gasteiger partial charge in [-0.25, -0.2) is 9.50 Å². The molecule has 0 saturated carbocycles. The highest BCUT2D eigenvalue weighted by Crippen LogP contribution is 2.39. The molecule has 3 atom stereocenters. The van der Waals surface area contributed by atoms with Crippen LogP contribution in [0.5, 0.6) is 0 Å². The van der Waals surface area contributed by atoms with Crippen LogP contribution in [0.25, 0.3) is 5.52 Å². The predicted molar refractivity (Wildman–Crippen MR) is 69.1 cm³/mol. The van der Waals surface area contributed by atoms with Gasteiger partial charge in [-0.1, -0.05) is 5.92 Å². The van der Waals surface area contributed by atoms with Gasteiger partial charge in [0, 0.05) is 6.42 Å². The summed E-state index contributed by atoms with van der Waals surface area (Å²) >= 11 is 0. The van der Waals surface area contributed by atoms with Crippen molar-refractivity contribution in [2.24, 2.45) is 0 Å². The number of nitrogens with two attached hydrogens (primary N) is 1. The van der Waals surface area contributed by atoms with E-state index in [2.05, 4.69) is 16.0 Å². The molecule has 3 N–H and O–H groups in total. The van der Waals surface area contributed by atoms with Crippen molar-refractivity contribution in [1.82, 2.24) is 14.6 Å². The monoisotopic (exact) mass is 258 g/mol. The molecule has 0 radical (unpaired) electrons. The van der Waals surface area contributed by atoms with Crippen molar-refractivity contribution in [3.8, 4) is 12.3 Å². The molecule has 1 aliphatic rings. The number of nitrogens with zero attached hydrogens (tertiary/aromatic N) is 3. The van der Waals surface area contributed by atoms with Crippen molar-refractivity contribution in [1.29, 1.82) is 0 Å². The SMILES string of the molecule is C#C[C@@]1(C)O[C@@H](c2ccc3c(N)ncnn23)C[C@@H]1O. The summed E-state index contributed by atoms with van der Waals surface area (Å²) in [6.07, 6.45) is 6.22. The average Bonchev–Trinajstić information content (AvgIpc) is 2.94. The normalized spacial score (nSPS) is 30.6. The largest absolute Gasteiger partial charge is 0.389 e. The fraction of sp³-hybridized carbons (Fsp3) is 0.385. The maximum Gasteiger partial charge on any atom is 0.152 e. The summed E-state index contributed by atoms with van der Waals surface area (Å²) in [4.78, 5) is 3.93. The van der Waals surface area contributed by atoms with E-state index in [9.17, 15) is 5.11 Å². The van der Waals surface area contributed by atoms with Gasteiger partial charge in [-0.2, -0.15) is 5.10 Å². The number of rotatable bonds is 1. The minimum absolute atomic E-state index is 0.312. The lowest BCUT2D eigenvalue weighted by molar-refractivity contribution is -0.0302. The van der Waals surface area contributed by atoms with E-state index in [0.29, 0.717) is 17.8 Å². The molecule has 1 fully saturated rings. The second-order valence-electron chi connectivity index (χ2n) is 4.81. The molecule has 0 aromatic carbocycles. The molecule has 0 unspecified atom stereocenters. The van der Waals surface area contributed by atoms with E-state index in [-0.39, 0.29) is 6.10 Å². The van der Waals surface area contributed by atoms with E-state index in [1.807, 2.05) is 12.1 Å². The molecule has 3 heterocycles. The third kappa shape index (κ3) is 1.67. The molecule has 6 heteroatoms. The molecule has 0 aliphatic carbocycles. The molecular formula is C13H14N4O2. The highest BCUT2D eigenvalue weighted by Gasteiger charge is 2.44. The lowest BCUT2D eigenvalue weighted by Crippen LogP contribution is -2.33. The van der Waals surface area contributed by atoms with Gasteiger partial charge < -0.3 is 15.6 Å². The van der Waals surface area contributed by atoms with E-state index in [1.54, 1.807) is 11.4 Å². The Balaban J connectivity index is 2.04. The van der Waals surface area contributed by atoms with Crippen LogP contribution in [-0.4, -0.2) is 31.4 Å². The highest BCUT2D eigenvalue weighted by atomic mass is 16.5. The molecule has 2 aromatic rings. The molecule has 98 valence electrons. The number of anilines is 1. The quantitative estimate of drug-likeness (QED) is 0.729. The first-order valence-corrected chi connectivity index (χ1v) is 5.97. The van der Waals surface area contributed by atoms with E-state index in [4.69, 9.17) is 16.9 Å². The Morgan fingerprint density at radius 2 is 2.42 bits per heavy atom. The van der Waals surface area contributed by atoms with Crippen molar-refractivity contribution in [3.63, 3.8) is 0 Å². The van der Waals surface area contributed by atoms with Gasteiger partial charge in [-0.3, -0.25) is 0 Å². The molecule has 1 aliphatic heterocycles. The van der Waals surface area contributed by atoms with Crippen LogP contribution in [0.4, 0.5) is 5.82 Å². The van der Waals surface area contributed by atoms with Crippen LogP contribution >= 0.6 is 0 Å². The summed E-state index contributed by atoms with van der Waals surface area (Å²) in [5, 5.41) is 14.2. The molecule has 3 rings (SSSR count). The number of aromatic nitrogens is 3. The van der Waals surface area contributed by atoms with Crippen LogP contribution in [0.3, 0.4) is 0 Å². The summed E-state index contributed by atoms with van der Waals surface area (Å²) in [5.41, 5.74) is 6.34. The highest BCUT2D eigenvalue weighted by molar-refractivity contribution is 5.65. The van der Waals surface area contributed by atoms with Gasteiger partial charge in [0.25, 0.3) is 0 Å². The third-order valence-electron chi connectivity index (χ3n) is 3.59. The van der Waals surface area contributed by atoms with Crippen LogP contribution in [0, 0.1) is 12.3 Å². The van der Waals surface area contributed by atoms with Crippen LogP contribution < -0.4 is 5.73 Å². The summed E-state index contributed by atoms with van der Waals surface area (Å²) in [6, 6.07) is 3.69.